The van der Waals surface area contributed by atoms with Crippen LogP contribution in [-0.4, -0.2) is 0 Å². The van der Waals surface area contributed by atoms with E-state index in [1.807, 2.05) is 0 Å². The minimum atomic E-state index is 1.12. The largest absolute Gasteiger partial charge is 0.311 e. The molecule has 8 aromatic carbocycles. The first-order valence-corrected chi connectivity index (χ1v) is 16.1. The lowest BCUT2D eigenvalue weighted by Crippen LogP contribution is -2.09. The van der Waals surface area contributed by atoms with Gasteiger partial charge in [0.1, 0.15) is 0 Å². The van der Waals surface area contributed by atoms with Gasteiger partial charge in [-0.25, -0.2) is 0 Å². The Labute approximate surface area is 276 Å². The predicted molar refractivity (Wildman–Crippen MR) is 200 cm³/mol. The summed E-state index contributed by atoms with van der Waals surface area (Å²) in [6, 6.07) is 71.7. The van der Waals surface area contributed by atoms with Crippen LogP contribution in [0.2, 0.25) is 0 Å². The van der Waals surface area contributed by atoms with E-state index in [9.17, 15) is 0 Å². The maximum absolute atomic E-state index is 2.32. The summed E-state index contributed by atoms with van der Waals surface area (Å²) < 4.78 is 0. The zero-order valence-corrected chi connectivity index (χ0v) is 26.0. The van der Waals surface area contributed by atoms with Crippen LogP contribution < -0.4 is 4.90 Å². The van der Waals surface area contributed by atoms with Crippen molar-refractivity contribution < 1.29 is 0 Å². The number of nitrogens with zero attached hydrogens (tertiary/aromatic N) is 1. The lowest BCUT2D eigenvalue weighted by atomic mass is 9.95. The fraction of sp³-hybridized carbons (Fsp3) is 0. The molecule has 1 heteroatoms. The summed E-state index contributed by atoms with van der Waals surface area (Å²) in [5.74, 6) is 0. The molecule has 0 spiro atoms. The molecule has 0 N–H and O–H groups in total. The van der Waals surface area contributed by atoms with E-state index >= 15 is 0 Å². The Morgan fingerprint density at radius 1 is 0.255 bits per heavy atom. The molecule has 1 nitrogen and oxygen atoms in total. The Bertz CT molecular complexity index is 2250. The smallest absolute Gasteiger partial charge is 0.0462 e. The summed E-state index contributed by atoms with van der Waals surface area (Å²) in [6.07, 6.45) is 0. The maximum atomic E-state index is 2.32. The van der Waals surface area contributed by atoms with Crippen LogP contribution in [-0.2, 0) is 0 Å². The summed E-state index contributed by atoms with van der Waals surface area (Å²) in [5, 5.41) is 2.51. The number of anilines is 3. The van der Waals surface area contributed by atoms with Crippen molar-refractivity contribution in [1.29, 1.82) is 0 Å². The molecule has 0 fully saturated rings. The van der Waals surface area contributed by atoms with Gasteiger partial charge < -0.3 is 4.90 Å². The van der Waals surface area contributed by atoms with Gasteiger partial charge in [-0.15, -0.1) is 0 Å². The van der Waals surface area contributed by atoms with Gasteiger partial charge in [0.05, 0.1) is 0 Å². The van der Waals surface area contributed by atoms with E-state index in [2.05, 4.69) is 205 Å². The molecule has 0 unspecified atom stereocenters. The molecule has 0 aliphatic rings. The quantitative estimate of drug-likeness (QED) is 0.176. The Morgan fingerprint density at radius 2 is 0.681 bits per heavy atom. The third-order valence-electron chi connectivity index (χ3n) is 8.87. The molecule has 0 heterocycles. The standard InChI is InChI=1S/C46H33N/c1-4-12-34(13-5-1)38-16-10-17-39(32-38)35-22-27-43(28-23-35)47(42-19-8-3-9-20-42)44-29-24-36(25-30-44)40-26-31-46-41(33-40)18-11-21-45(46)37-14-6-2-7-15-37/h1-33H. The first-order chi connectivity index (χ1) is 23.3. The molecule has 0 saturated heterocycles. The fourth-order valence-corrected chi connectivity index (χ4v) is 6.47. The summed E-state index contributed by atoms with van der Waals surface area (Å²) in [6.45, 7) is 0. The van der Waals surface area contributed by atoms with Crippen molar-refractivity contribution >= 4 is 27.8 Å². The van der Waals surface area contributed by atoms with Gasteiger partial charge in [0, 0.05) is 17.1 Å². The lowest BCUT2D eigenvalue weighted by Gasteiger charge is -2.26. The monoisotopic (exact) mass is 599 g/mol. The van der Waals surface area contributed by atoms with E-state index in [-0.39, 0.29) is 0 Å². The van der Waals surface area contributed by atoms with Gasteiger partial charge in [-0.1, -0.05) is 152 Å². The molecular weight excluding hydrogens is 567 g/mol. The van der Waals surface area contributed by atoms with E-state index in [0.717, 1.165) is 17.1 Å². The van der Waals surface area contributed by atoms with Crippen LogP contribution >= 0.6 is 0 Å². The van der Waals surface area contributed by atoms with Gasteiger partial charge in [0.2, 0.25) is 0 Å². The molecule has 8 aromatic rings. The minimum Gasteiger partial charge on any atom is -0.311 e. The van der Waals surface area contributed by atoms with Crippen LogP contribution in [0.1, 0.15) is 0 Å². The normalized spacial score (nSPS) is 11.0. The number of fused-ring (bicyclic) bond motifs is 1. The first kappa shape index (κ1) is 28.3. The van der Waals surface area contributed by atoms with Crippen LogP contribution in [0, 0.1) is 0 Å². The summed E-state index contributed by atoms with van der Waals surface area (Å²) >= 11 is 0. The zero-order valence-electron chi connectivity index (χ0n) is 26.0. The fourth-order valence-electron chi connectivity index (χ4n) is 6.47. The molecule has 47 heavy (non-hydrogen) atoms. The van der Waals surface area contributed by atoms with Crippen LogP contribution in [0.15, 0.2) is 200 Å². The average molecular weight is 600 g/mol. The van der Waals surface area contributed by atoms with Gasteiger partial charge in [0.25, 0.3) is 0 Å². The highest BCUT2D eigenvalue weighted by atomic mass is 15.1. The number of rotatable bonds is 7. The second kappa shape index (κ2) is 12.7. The molecule has 0 atom stereocenters. The molecule has 0 bridgehead atoms. The van der Waals surface area contributed by atoms with Crippen LogP contribution in [0.4, 0.5) is 17.1 Å². The minimum absolute atomic E-state index is 1.12. The first-order valence-electron chi connectivity index (χ1n) is 16.1. The van der Waals surface area contributed by atoms with Crippen molar-refractivity contribution in [2.24, 2.45) is 0 Å². The molecule has 0 amide bonds. The summed E-state index contributed by atoms with van der Waals surface area (Å²) in [4.78, 5) is 2.32. The molecule has 0 aromatic heterocycles. The van der Waals surface area contributed by atoms with Crippen LogP contribution in [0.3, 0.4) is 0 Å². The van der Waals surface area contributed by atoms with Crippen molar-refractivity contribution in [3.05, 3.63) is 200 Å². The van der Waals surface area contributed by atoms with Gasteiger partial charge in [-0.2, -0.15) is 0 Å². The summed E-state index contributed by atoms with van der Waals surface area (Å²) in [7, 11) is 0. The van der Waals surface area contributed by atoms with E-state index in [0.29, 0.717) is 0 Å². The van der Waals surface area contributed by atoms with Crippen LogP contribution in [0.25, 0.3) is 55.3 Å². The highest BCUT2D eigenvalue weighted by Crippen LogP contribution is 2.38. The molecule has 8 rings (SSSR count). The van der Waals surface area contributed by atoms with Crippen molar-refractivity contribution in [3.63, 3.8) is 0 Å². The van der Waals surface area contributed by atoms with Gasteiger partial charge >= 0.3 is 0 Å². The van der Waals surface area contributed by atoms with E-state index in [1.165, 1.54) is 55.3 Å². The number of benzene rings is 8. The Hall–Kier alpha value is -6.18. The van der Waals surface area contributed by atoms with E-state index in [4.69, 9.17) is 0 Å². The number of para-hydroxylation sites is 1. The van der Waals surface area contributed by atoms with Crippen molar-refractivity contribution in [1.82, 2.24) is 0 Å². The Balaban J connectivity index is 1.11. The predicted octanol–water partition coefficient (Wildman–Crippen LogP) is 13.0. The Kier molecular flexibility index (Phi) is 7.63. The highest BCUT2D eigenvalue weighted by molar-refractivity contribution is 5.98. The molecule has 0 aliphatic carbocycles. The topological polar surface area (TPSA) is 3.24 Å². The number of hydrogen-bond donors (Lipinski definition) is 0. The zero-order chi connectivity index (χ0) is 31.4. The second-order valence-corrected chi connectivity index (χ2v) is 11.8. The lowest BCUT2D eigenvalue weighted by molar-refractivity contribution is 1.28. The Morgan fingerprint density at radius 3 is 1.28 bits per heavy atom. The molecule has 222 valence electrons. The molecule has 0 aliphatic heterocycles. The highest BCUT2D eigenvalue weighted by Gasteiger charge is 2.14. The van der Waals surface area contributed by atoms with Crippen LogP contribution in [0.5, 0.6) is 0 Å². The SMILES string of the molecule is c1ccc(-c2cccc(-c3ccc(N(c4ccccc4)c4ccc(-c5ccc6c(-c7ccccc7)cccc6c5)cc4)cc3)c2)cc1. The molecular formula is C46H33N. The second-order valence-electron chi connectivity index (χ2n) is 11.8. The molecule has 0 radical (unpaired) electrons. The van der Waals surface area contributed by atoms with E-state index < -0.39 is 0 Å². The third kappa shape index (κ3) is 5.83. The third-order valence-corrected chi connectivity index (χ3v) is 8.87. The van der Waals surface area contributed by atoms with Gasteiger partial charge in [0.15, 0.2) is 0 Å². The van der Waals surface area contributed by atoms with Crippen molar-refractivity contribution in [2.75, 3.05) is 4.90 Å². The summed E-state index contributed by atoms with van der Waals surface area (Å²) in [5.41, 5.74) is 13.1. The maximum Gasteiger partial charge on any atom is 0.0462 e. The van der Waals surface area contributed by atoms with Gasteiger partial charge in [-0.3, -0.25) is 0 Å². The van der Waals surface area contributed by atoms with Gasteiger partial charge in [-0.05, 0) is 104 Å². The molecule has 0 saturated carbocycles. The van der Waals surface area contributed by atoms with Crippen molar-refractivity contribution in [2.45, 2.75) is 0 Å². The average Bonchev–Trinajstić information content (AvgIpc) is 3.16. The van der Waals surface area contributed by atoms with Crippen molar-refractivity contribution in [3.8, 4) is 44.5 Å². The number of hydrogen-bond acceptors (Lipinski definition) is 1. The van der Waals surface area contributed by atoms with E-state index in [1.54, 1.807) is 0 Å².